The summed E-state index contributed by atoms with van der Waals surface area (Å²) in [6.45, 7) is 11.0. The normalized spacial score (nSPS) is 13.9. The van der Waals surface area contributed by atoms with E-state index < -0.39 is 0 Å². The molecule has 6 nitrogen and oxygen atoms in total. The lowest BCUT2D eigenvalue weighted by Crippen LogP contribution is -2.50. The number of ketones is 1. The Morgan fingerprint density at radius 1 is 1.30 bits per heavy atom. The average Bonchev–Trinajstić information content (AvgIpc) is 3.00. The van der Waals surface area contributed by atoms with E-state index in [-0.39, 0.29) is 30.3 Å². The number of benzene rings is 1. The zero-order valence-electron chi connectivity index (χ0n) is 19.2. The van der Waals surface area contributed by atoms with Gasteiger partial charge >= 0.3 is 0 Å². The Kier molecular flexibility index (Phi) is 6.70. The zero-order valence-corrected chi connectivity index (χ0v) is 20.8. The molecule has 0 spiro atoms. The fourth-order valence-corrected chi connectivity index (χ4v) is 4.83. The molecule has 172 valence electrons. The number of likely N-dealkylation sites (tertiary alicyclic amines) is 1. The summed E-state index contributed by atoms with van der Waals surface area (Å²) in [6, 6.07) is 10.0. The van der Waals surface area contributed by atoms with E-state index in [0.717, 1.165) is 32.2 Å². The second-order valence-corrected chi connectivity index (χ2v) is 9.70. The second-order valence-electron chi connectivity index (χ2n) is 8.79. The number of ether oxygens (including phenoxy) is 1. The van der Waals surface area contributed by atoms with Crippen molar-refractivity contribution < 1.29 is 14.3 Å². The predicted octanol–water partition coefficient (Wildman–Crippen LogP) is 5.17. The number of amides is 1. The minimum Gasteiger partial charge on any atom is -0.475 e. The summed E-state index contributed by atoms with van der Waals surface area (Å²) >= 11 is 3.59. The number of hydrogen-bond donors (Lipinski definition) is 0. The van der Waals surface area contributed by atoms with E-state index in [1.54, 1.807) is 11.1 Å². The highest BCUT2D eigenvalue weighted by Gasteiger charge is 2.31. The monoisotopic (exact) mass is 509 g/mol. The van der Waals surface area contributed by atoms with Crippen LogP contribution in [-0.4, -0.2) is 45.3 Å². The molecule has 3 aromatic rings. The highest BCUT2D eigenvalue weighted by atomic mass is 79.9. The Morgan fingerprint density at radius 2 is 2.06 bits per heavy atom. The molecule has 1 aliphatic heterocycles. The van der Waals surface area contributed by atoms with Crippen molar-refractivity contribution in [2.45, 2.75) is 39.8 Å². The summed E-state index contributed by atoms with van der Waals surface area (Å²) in [5, 5.41) is 1.04. The molecular weight excluding hydrogens is 482 g/mol. The van der Waals surface area contributed by atoms with Crippen LogP contribution in [0.15, 0.2) is 53.7 Å². The van der Waals surface area contributed by atoms with Crippen LogP contribution in [0, 0.1) is 12.8 Å². The van der Waals surface area contributed by atoms with Crippen molar-refractivity contribution in [3.63, 3.8) is 0 Å². The number of nitrogens with zero attached hydrogens (tertiary/aromatic N) is 3. The van der Waals surface area contributed by atoms with Gasteiger partial charge < -0.3 is 14.2 Å². The Labute approximate surface area is 202 Å². The number of pyridine rings is 1. The van der Waals surface area contributed by atoms with Crippen LogP contribution in [0.5, 0.6) is 5.88 Å². The minimum atomic E-state index is -0.0722. The lowest BCUT2D eigenvalue weighted by molar-refractivity contribution is -0.134. The smallest absolute Gasteiger partial charge is 0.245 e. The van der Waals surface area contributed by atoms with Gasteiger partial charge in [0.15, 0.2) is 5.78 Å². The van der Waals surface area contributed by atoms with Crippen molar-refractivity contribution in [2.75, 3.05) is 13.1 Å². The van der Waals surface area contributed by atoms with Crippen LogP contribution in [-0.2, 0) is 16.1 Å². The molecule has 1 aliphatic rings. The molecule has 0 unspecified atom stereocenters. The third kappa shape index (κ3) is 4.74. The zero-order chi connectivity index (χ0) is 23.7. The largest absolute Gasteiger partial charge is 0.475 e. The lowest BCUT2D eigenvalue weighted by Gasteiger charge is -2.38. The summed E-state index contributed by atoms with van der Waals surface area (Å²) in [7, 11) is 0. The van der Waals surface area contributed by atoms with Gasteiger partial charge in [-0.2, -0.15) is 0 Å². The number of aromatic nitrogens is 2. The second kappa shape index (κ2) is 9.51. The van der Waals surface area contributed by atoms with Gasteiger partial charge in [0.2, 0.25) is 11.8 Å². The predicted molar refractivity (Wildman–Crippen MR) is 133 cm³/mol. The number of hydrogen-bond acceptors (Lipinski definition) is 4. The van der Waals surface area contributed by atoms with Gasteiger partial charge in [0, 0.05) is 63.8 Å². The molecule has 1 fully saturated rings. The molecule has 4 rings (SSSR count). The SMILES string of the molecule is C=CC(=O)N1CC(CC(=O)Cn2c(C)c(-c3cccnc3OC(C)C)c3cc(Br)ccc32)C1. The quantitative estimate of drug-likeness (QED) is 0.393. The number of fused-ring (bicyclic) bond motifs is 1. The molecule has 0 aliphatic carbocycles. The van der Waals surface area contributed by atoms with E-state index in [0.29, 0.717) is 25.4 Å². The summed E-state index contributed by atoms with van der Waals surface area (Å²) in [5.74, 6) is 0.881. The fraction of sp³-hybridized carbons (Fsp3) is 0.346. The molecule has 3 heterocycles. The van der Waals surface area contributed by atoms with Crippen molar-refractivity contribution in [1.29, 1.82) is 0 Å². The molecule has 0 N–H and O–H groups in total. The van der Waals surface area contributed by atoms with Crippen molar-refractivity contribution >= 4 is 38.5 Å². The molecule has 33 heavy (non-hydrogen) atoms. The number of carbonyl (C=O) groups excluding carboxylic acids is 2. The van der Waals surface area contributed by atoms with E-state index in [4.69, 9.17) is 4.74 Å². The summed E-state index contributed by atoms with van der Waals surface area (Å²) < 4.78 is 9.05. The van der Waals surface area contributed by atoms with Gasteiger partial charge in [-0.3, -0.25) is 9.59 Å². The first kappa shape index (κ1) is 23.2. The highest BCUT2D eigenvalue weighted by Crippen LogP contribution is 2.40. The topological polar surface area (TPSA) is 64.4 Å². The van der Waals surface area contributed by atoms with E-state index in [1.807, 2.05) is 45.0 Å². The standard InChI is InChI=1S/C26H28BrN3O3/c1-5-24(32)29-13-18(14-29)11-20(31)15-30-17(4)25(22-12-19(27)8-9-23(22)30)21-7-6-10-28-26(21)33-16(2)3/h5-10,12,16,18H,1,11,13-15H2,2-4H3. The van der Waals surface area contributed by atoms with Crippen molar-refractivity contribution in [2.24, 2.45) is 5.92 Å². The third-order valence-electron chi connectivity index (χ3n) is 5.97. The van der Waals surface area contributed by atoms with Gasteiger partial charge in [-0.1, -0.05) is 22.5 Å². The van der Waals surface area contributed by atoms with Crippen LogP contribution in [0.3, 0.4) is 0 Å². The maximum atomic E-state index is 13.0. The number of halogens is 1. The van der Waals surface area contributed by atoms with E-state index >= 15 is 0 Å². The Bertz CT molecular complexity index is 1220. The molecule has 2 aromatic heterocycles. The highest BCUT2D eigenvalue weighted by molar-refractivity contribution is 9.10. The van der Waals surface area contributed by atoms with Crippen LogP contribution in [0.1, 0.15) is 26.0 Å². The molecule has 0 bridgehead atoms. The summed E-state index contributed by atoms with van der Waals surface area (Å²) in [4.78, 5) is 30.8. The van der Waals surface area contributed by atoms with E-state index in [2.05, 4.69) is 38.1 Å². The molecule has 1 saturated heterocycles. The maximum Gasteiger partial charge on any atom is 0.245 e. The van der Waals surface area contributed by atoms with E-state index in [1.165, 1.54) is 6.08 Å². The van der Waals surface area contributed by atoms with Crippen molar-refractivity contribution in [3.8, 4) is 17.0 Å². The lowest BCUT2D eigenvalue weighted by atomic mass is 9.94. The Morgan fingerprint density at radius 3 is 2.76 bits per heavy atom. The maximum absolute atomic E-state index is 13.0. The van der Waals surface area contributed by atoms with Crippen molar-refractivity contribution in [1.82, 2.24) is 14.5 Å². The Balaban J connectivity index is 1.66. The minimum absolute atomic E-state index is 0.00404. The molecule has 0 saturated carbocycles. The van der Waals surface area contributed by atoms with E-state index in [9.17, 15) is 9.59 Å². The van der Waals surface area contributed by atoms with Gasteiger partial charge in [-0.05, 0) is 57.2 Å². The van der Waals surface area contributed by atoms with Crippen LogP contribution in [0.2, 0.25) is 0 Å². The van der Waals surface area contributed by atoms with Crippen LogP contribution in [0.4, 0.5) is 0 Å². The fourth-order valence-electron chi connectivity index (χ4n) is 4.47. The summed E-state index contributed by atoms with van der Waals surface area (Å²) in [6.07, 6.45) is 3.51. The van der Waals surface area contributed by atoms with Crippen LogP contribution in [0.25, 0.3) is 22.0 Å². The molecular formula is C26H28BrN3O3. The number of Topliss-reactive ketones (excluding diaryl/α,β-unsaturated/α-hetero) is 1. The molecule has 0 radical (unpaired) electrons. The van der Waals surface area contributed by atoms with Gasteiger partial charge in [-0.25, -0.2) is 4.98 Å². The van der Waals surface area contributed by atoms with Crippen molar-refractivity contribution in [3.05, 3.63) is 59.4 Å². The van der Waals surface area contributed by atoms with Gasteiger partial charge in [0.1, 0.15) is 0 Å². The summed E-state index contributed by atoms with van der Waals surface area (Å²) in [5.41, 5.74) is 3.93. The number of rotatable bonds is 8. The third-order valence-corrected chi connectivity index (χ3v) is 6.46. The molecule has 7 heteroatoms. The molecule has 1 aromatic carbocycles. The first-order valence-corrected chi connectivity index (χ1v) is 11.9. The first-order chi connectivity index (χ1) is 15.8. The van der Waals surface area contributed by atoms with Crippen LogP contribution < -0.4 is 4.74 Å². The van der Waals surface area contributed by atoms with Gasteiger partial charge in [0.25, 0.3) is 0 Å². The van der Waals surface area contributed by atoms with Gasteiger partial charge in [-0.15, -0.1) is 0 Å². The van der Waals surface area contributed by atoms with Gasteiger partial charge in [0.05, 0.1) is 12.6 Å². The number of carbonyl (C=O) groups is 2. The molecule has 0 atom stereocenters. The Hall–Kier alpha value is -2.93. The molecule has 1 amide bonds. The first-order valence-electron chi connectivity index (χ1n) is 11.1. The average molecular weight is 510 g/mol. The van der Waals surface area contributed by atoms with Crippen LogP contribution >= 0.6 is 15.9 Å².